The van der Waals surface area contributed by atoms with E-state index in [1.165, 1.54) is 0 Å². The normalized spacial score (nSPS) is 28.8. The molecule has 1 heterocycles. The third-order valence-corrected chi connectivity index (χ3v) is 2.23. The van der Waals surface area contributed by atoms with Gasteiger partial charge in [0.2, 0.25) is 5.91 Å². The molecule has 0 bridgehead atoms. The molecule has 1 rings (SSSR count). The Morgan fingerprint density at radius 1 is 1.75 bits per heavy atom. The van der Waals surface area contributed by atoms with Crippen LogP contribution in [0.2, 0.25) is 0 Å². The Hall–Kier alpha value is -0.610. The highest BCUT2D eigenvalue weighted by Crippen LogP contribution is 2.13. The first-order valence-electron chi connectivity index (χ1n) is 4.37. The summed E-state index contributed by atoms with van der Waals surface area (Å²) in [5.41, 5.74) is 0. The lowest BCUT2D eigenvalue weighted by atomic mass is 10.0. The first-order chi connectivity index (χ1) is 5.75. The molecule has 1 fully saturated rings. The number of aliphatic hydroxyl groups is 1. The summed E-state index contributed by atoms with van der Waals surface area (Å²) in [4.78, 5) is 11.3. The summed E-state index contributed by atoms with van der Waals surface area (Å²) in [6.45, 7) is 3.33. The van der Waals surface area contributed by atoms with Crippen molar-refractivity contribution < 1.29 is 9.90 Å². The molecule has 0 aromatic rings. The van der Waals surface area contributed by atoms with Gasteiger partial charge in [-0.15, -0.1) is 0 Å². The molecule has 4 nitrogen and oxygen atoms in total. The molecule has 0 spiro atoms. The highest BCUT2D eigenvalue weighted by atomic mass is 16.3. The highest BCUT2D eigenvalue weighted by Gasteiger charge is 2.28. The fourth-order valence-corrected chi connectivity index (χ4v) is 1.47. The van der Waals surface area contributed by atoms with Gasteiger partial charge in [0, 0.05) is 6.54 Å². The lowest BCUT2D eigenvalue weighted by Gasteiger charge is -2.14. The first-order valence-corrected chi connectivity index (χ1v) is 4.37. The molecular formula is C8H16N2O2. The van der Waals surface area contributed by atoms with Gasteiger partial charge in [-0.1, -0.05) is 6.92 Å². The van der Waals surface area contributed by atoms with Crippen LogP contribution in [0.15, 0.2) is 0 Å². The Labute approximate surface area is 72.3 Å². The van der Waals surface area contributed by atoms with Crippen LogP contribution in [0, 0.1) is 5.92 Å². The van der Waals surface area contributed by atoms with Crippen LogP contribution in [0.4, 0.5) is 0 Å². The maximum Gasteiger partial charge on any atom is 0.237 e. The summed E-state index contributed by atoms with van der Waals surface area (Å²) in [5.74, 6) is 0.415. The molecule has 1 aliphatic rings. The Balaban J connectivity index is 2.30. The van der Waals surface area contributed by atoms with E-state index < -0.39 is 0 Å². The van der Waals surface area contributed by atoms with E-state index in [-0.39, 0.29) is 18.6 Å². The fourth-order valence-electron chi connectivity index (χ4n) is 1.47. The van der Waals surface area contributed by atoms with Crippen molar-refractivity contribution in [1.29, 1.82) is 0 Å². The van der Waals surface area contributed by atoms with Crippen molar-refractivity contribution in [2.45, 2.75) is 19.4 Å². The van der Waals surface area contributed by atoms with Gasteiger partial charge in [0.25, 0.3) is 0 Å². The van der Waals surface area contributed by atoms with E-state index in [1.807, 2.05) is 0 Å². The predicted octanol–water partition coefficient (Wildman–Crippen LogP) is -0.907. The summed E-state index contributed by atoms with van der Waals surface area (Å²) in [5, 5.41) is 14.3. The van der Waals surface area contributed by atoms with Crippen molar-refractivity contribution >= 4 is 5.91 Å². The molecule has 4 heteroatoms. The van der Waals surface area contributed by atoms with Gasteiger partial charge >= 0.3 is 0 Å². The van der Waals surface area contributed by atoms with Crippen LogP contribution in [0.3, 0.4) is 0 Å². The van der Waals surface area contributed by atoms with Crippen LogP contribution in [0.1, 0.15) is 13.3 Å². The molecule has 0 saturated carbocycles. The second kappa shape index (κ2) is 4.42. The van der Waals surface area contributed by atoms with Gasteiger partial charge in [-0.25, -0.2) is 0 Å². The van der Waals surface area contributed by atoms with Gasteiger partial charge in [-0.2, -0.15) is 0 Å². The van der Waals surface area contributed by atoms with Gasteiger partial charge in [-0.05, 0) is 18.9 Å². The van der Waals surface area contributed by atoms with Crippen molar-refractivity contribution in [3.8, 4) is 0 Å². The van der Waals surface area contributed by atoms with E-state index in [2.05, 4.69) is 17.6 Å². The van der Waals surface area contributed by atoms with Gasteiger partial charge in [0.15, 0.2) is 0 Å². The Bertz CT molecular complexity index is 161. The maximum absolute atomic E-state index is 11.3. The van der Waals surface area contributed by atoms with Crippen LogP contribution in [-0.2, 0) is 4.79 Å². The lowest BCUT2D eigenvalue weighted by Crippen LogP contribution is -2.44. The van der Waals surface area contributed by atoms with Gasteiger partial charge in [-0.3, -0.25) is 4.79 Å². The maximum atomic E-state index is 11.3. The summed E-state index contributed by atoms with van der Waals surface area (Å²) >= 11 is 0. The molecular weight excluding hydrogens is 156 g/mol. The minimum absolute atomic E-state index is 0.00679. The van der Waals surface area contributed by atoms with Crippen LogP contribution >= 0.6 is 0 Å². The largest absolute Gasteiger partial charge is 0.395 e. The van der Waals surface area contributed by atoms with Crippen molar-refractivity contribution in [3.05, 3.63) is 0 Å². The second-order valence-electron chi connectivity index (χ2n) is 3.21. The lowest BCUT2D eigenvalue weighted by molar-refractivity contribution is -0.123. The van der Waals surface area contributed by atoms with Crippen molar-refractivity contribution in [2.75, 3.05) is 19.7 Å². The quantitative estimate of drug-likeness (QED) is 0.516. The minimum Gasteiger partial charge on any atom is -0.395 e. The van der Waals surface area contributed by atoms with E-state index in [9.17, 15) is 4.79 Å². The van der Waals surface area contributed by atoms with Crippen molar-refractivity contribution in [3.63, 3.8) is 0 Å². The fraction of sp³-hybridized carbons (Fsp3) is 0.875. The van der Waals surface area contributed by atoms with Crippen molar-refractivity contribution in [2.24, 2.45) is 5.92 Å². The van der Waals surface area contributed by atoms with E-state index in [4.69, 9.17) is 5.11 Å². The van der Waals surface area contributed by atoms with Crippen LogP contribution in [-0.4, -0.2) is 36.8 Å². The van der Waals surface area contributed by atoms with E-state index in [0.29, 0.717) is 12.5 Å². The van der Waals surface area contributed by atoms with Gasteiger partial charge < -0.3 is 15.7 Å². The van der Waals surface area contributed by atoms with E-state index >= 15 is 0 Å². The number of hydrogen-bond donors (Lipinski definition) is 3. The summed E-state index contributed by atoms with van der Waals surface area (Å²) in [6, 6.07) is -0.0588. The molecule has 70 valence electrons. The zero-order valence-electron chi connectivity index (χ0n) is 7.34. The number of carbonyl (C=O) groups is 1. The van der Waals surface area contributed by atoms with E-state index in [0.717, 1.165) is 13.0 Å². The zero-order valence-corrected chi connectivity index (χ0v) is 7.34. The molecule has 12 heavy (non-hydrogen) atoms. The molecule has 1 saturated heterocycles. The smallest absolute Gasteiger partial charge is 0.237 e. The Morgan fingerprint density at radius 2 is 2.50 bits per heavy atom. The minimum atomic E-state index is -0.0588. The monoisotopic (exact) mass is 172 g/mol. The van der Waals surface area contributed by atoms with Crippen LogP contribution in [0.5, 0.6) is 0 Å². The zero-order chi connectivity index (χ0) is 8.97. The Kier molecular flexibility index (Phi) is 3.49. The summed E-state index contributed by atoms with van der Waals surface area (Å²) < 4.78 is 0. The second-order valence-corrected chi connectivity index (χ2v) is 3.21. The molecule has 1 amide bonds. The average Bonchev–Trinajstić information content (AvgIpc) is 2.47. The molecule has 0 radical (unpaired) electrons. The van der Waals surface area contributed by atoms with Gasteiger partial charge in [0.05, 0.1) is 12.6 Å². The summed E-state index contributed by atoms with van der Waals surface area (Å²) in [6.07, 6.45) is 1.05. The standard InChI is InChI=1S/C8H16N2O2/c1-6-2-3-9-7(6)8(12)10-4-5-11/h6-7,9,11H,2-5H2,1H3,(H,10,12). The molecule has 1 aliphatic heterocycles. The average molecular weight is 172 g/mol. The topological polar surface area (TPSA) is 61.4 Å². The molecule has 2 atom stereocenters. The first kappa shape index (κ1) is 9.48. The van der Waals surface area contributed by atoms with Crippen molar-refractivity contribution in [1.82, 2.24) is 10.6 Å². The molecule has 0 aromatic carbocycles. The molecule has 3 N–H and O–H groups in total. The van der Waals surface area contributed by atoms with Gasteiger partial charge in [0.1, 0.15) is 0 Å². The van der Waals surface area contributed by atoms with E-state index in [1.54, 1.807) is 0 Å². The Morgan fingerprint density at radius 3 is 3.00 bits per heavy atom. The summed E-state index contributed by atoms with van der Waals surface area (Å²) in [7, 11) is 0. The number of amides is 1. The van der Waals surface area contributed by atoms with Crippen LogP contribution < -0.4 is 10.6 Å². The number of carbonyl (C=O) groups excluding carboxylic acids is 1. The highest BCUT2D eigenvalue weighted by molar-refractivity contribution is 5.82. The molecule has 0 aliphatic carbocycles. The number of nitrogens with one attached hydrogen (secondary N) is 2. The van der Waals surface area contributed by atoms with Crippen LogP contribution in [0.25, 0.3) is 0 Å². The third-order valence-electron chi connectivity index (χ3n) is 2.23. The number of aliphatic hydroxyl groups excluding tert-OH is 1. The molecule has 0 aromatic heterocycles. The number of hydrogen-bond acceptors (Lipinski definition) is 3. The SMILES string of the molecule is CC1CCNC1C(=O)NCCO. The predicted molar refractivity (Wildman–Crippen MR) is 45.7 cm³/mol. The third kappa shape index (κ3) is 2.19. The number of rotatable bonds is 3. The molecule has 2 unspecified atom stereocenters.